The Morgan fingerprint density at radius 3 is 3.20 bits per heavy atom. The van der Waals surface area contributed by atoms with Crippen molar-refractivity contribution in [3.63, 3.8) is 0 Å². The molecule has 0 aliphatic heterocycles. The molecule has 102 valence electrons. The van der Waals surface area contributed by atoms with Crippen LogP contribution in [0.3, 0.4) is 0 Å². The predicted octanol–water partition coefficient (Wildman–Crippen LogP) is 1.88. The van der Waals surface area contributed by atoms with E-state index < -0.39 is 0 Å². The van der Waals surface area contributed by atoms with E-state index in [1.807, 2.05) is 22.2 Å². The fourth-order valence-corrected chi connectivity index (χ4v) is 3.93. The van der Waals surface area contributed by atoms with Crippen molar-refractivity contribution in [3.8, 4) is 0 Å². The van der Waals surface area contributed by atoms with E-state index in [-0.39, 0.29) is 0 Å². The van der Waals surface area contributed by atoms with E-state index in [4.69, 9.17) is 0 Å². The average molecular weight is 286 g/mol. The Morgan fingerprint density at radius 2 is 2.30 bits per heavy atom. The summed E-state index contributed by atoms with van der Waals surface area (Å²) in [5, 5.41) is 12.4. The zero-order valence-corrected chi connectivity index (χ0v) is 11.7. The van der Waals surface area contributed by atoms with Gasteiger partial charge in [-0.3, -0.25) is 4.68 Å². The van der Waals surface area contributed by atoms with Crippen molar-refractivity contribution >= 4 is 27.4 Å². The van der Waals surface area contributed by atoms with E-state index in [9.17, 15) is 0 Å². The van der Waals surface area contributed by atoms with Crippen molar-refractivity contribution in [2.24, 2.45) is 0 Å². The van der Waals surface area contributed by atoms with Crippen LogP contribution < -0.4 is 5.32 Å². The van der Waals surface area contributed by atoms with Crippen molar-refractivity contribution < 1.29 is 0 Å². The van der Waals surface area contributed by atoms with Gasteiger partial charge in [-0.2, -0.15) is 0 Å². The molecular formula is C13H14N6S. The molecule has 0 aromatic carbocycles. The quantitative estimate of drug-likeness (QED) is 0.793. The summed E-state index contributed by atoms with van der Waals surface area (Å²) in [5.74, 6) is 0.953. The Kier molecular flexibility index (Phi) is 2.84. The van der Waals surface area contributed by atoms with E-state index in [1.54, 1.807) is 12.5 Å². The third kappa shape index (κ3) is 1.94. The van der Waals surface area contributed by atoms with Gasteiger partial charge in [0.05, 0.1) is 18.1 Å². The normalized spacial score (nSPS) is 13.8. The van der Waals surface area contributed by atoms with Gasteiger partial charge in [0.15, 0.2) is 0 Å². The number of aromatic nitrogens is 5. The first-order chi connectivity index (χ1) is 9.92. The van der Waals surface area contributed by atoms with Crippen LogP contribution in [-0.4, -0.2) is 31.5 Å². The van der Waals surface area contributed by atoms with Gasteiger partial charge >= 0.3 is 0 Å². The molecule has 3 aromatic rings. The molecule has 0 fully saturated rings. The highest BCUT2D eigenvalue weighted by Gasteiger charge is 2.20. The Hall–Kier alpha value is -2.02. The molecule has 0 bridgehead atoms. The van der Waals surface area contributed by atoms with Gasteiger partial charge in [-0.05, 0) is 24.8 Å². The van der Waals surface area contributed by atoms with Crippen LogP contribution in [0, 0.1) is 0 Å². The first-order valence-corrected chi connectivity index (χ1v) is 7.56. The first-order valence-electron chi connectivity index (χ1n) is 6.75. The van der Waals surface area contributed by atoms with Crippen LogP contribution >= 0.6 is 11.3 Å². The molecule has 0 radical (unpaired) electrons. The summed E-state index contributed by atoms with van der Waals surface area (Å²) in [6.45, 7) is 1.55. The van der Waals surface area contributed by atoms with Crippen molar-refractivity contribution in [2.75, 3.05) is 11.9 Å². The van der Waals surface area contributed by atoms with Gasteiger partial charge in [-0.25, -0.2) is 9.97 Å². The maximum absolute atomic E-state index is 4.41. The Balaban J connectivity index is 1.59. The summed E-state index contributed by atoms with van der Waals surface area (Å²) in [7, 11) is 0. The molecule has 3 heterocycles. The fourth-order valence-electron chi connectivity index (χ4n) is 2.70. The van der Waals surface area contributed by atoms with Crippen LogP contribution in [0.1, 0.15) is 16.9 Å². The van der Waals surface area contributed by atoms with Crippen molar-refractivity contribution in [3.05, 3.63) is 29.2 Å². The van der Waals surface area contributed by atoms with Crippen LogP contribution in [0.4, 0.5) is 5.82 Å². The predicted molar refractivity (Wildman–Crippen MR) is 78.0 cm³/mol. The molecule has 0 saturated heterocycles. The number of aryl methyl sites for hydroxylation is 2. The summed E-state index contributed by atoms with van der Waals surface area (Å²) in [6, 6.07) is 0. The van der Waals surface area contributed by atoms with Crippen molar-refractivity contribution in [2.45, 2.75) is 25.8 Å². The summed E-state index contributed by atoms with van der Waals surface area (Å²) >= 11 is 1.81. The van der Waals surface area contributed by atoms with Gasteiger partial charge in [-0.1, -0.05) is 5.21 Å². The molecule has 4 rings (SSSR count). The minimum atomic E-state index is 0.776. The molecule has 20 heavy (non-hydrogen) atoms. The highest BCUT2D eigenvalue weighted by atomic mass is 32.1. The van der Waals surface area contributed by atoms with E-state index >= 15 is 0 Å². The Bertz CT molecular complexity index is 733. The molecule has 0 atom stereocenters. The molecule has 0 unspecified atom stereocenters. The van der Waals surface area contributed by atoms with Gasteiger partial charge in [0.1, 0.15) is 17.0 Å². The standard InChI is InChI=1S/C13H14N6S/c1-2-9-10(3-1)20-13-11(9)12(15-8-16-13)14-4-6-19-7-5-17-18-19/h5,7-8H,1-4,6H2,(H,14,15,16). The molecule has 0 spiro atoms. The van der Waals surface area contributed by atoms with Crippen molar-refractivity contribution in [1.29, 1.82) is 0 Å². The van der Waals surface area contributed by atoms with Crippen LogP contribution in [0.25, 0.3) is 10.2 Å². The maximum atomic E-state index is 4.41. The average Bonchev–Trinajstić information content (AvgIpc) is 3.14. The van der Waals surface area contributed by atoms with Gasteiger partial charge < -0.3 is 5.32 Å². The van der Waals surface area contributed by atoms with Crippen LogP contribution in [0.15, 0.2) is 18.7 Å². The third-order valence-corrected chi connectivity index (χ3v) is 4.81. The summed E-state index contributed by atoms with van der Waals surface area (Å²) < 4.78 is 1.81. The minimum Gasteiger partial charge on any atom is -0.368 e. The van der Waals surface area contributed by atoms with E-state index in [1.165, 1.54) is 28.7 Å². The summed E-state index contributed by atoms with van der Waals surface area (Å²) in [4.78, 5) is 11.4. The number of nitrogens with zero attached hydrogens (tertiary/aromatic N) is 5. The second-order valence-electron chi connectivity index (χ2n) is 4.85. The lowest BCUT2D eigenvalue weighted by Gasteiger charge is -2.07. The van der Waals surface area contributed by atoms with Gasteiger partial charge in [0.25, 0.3) is 0 Å². The fraction of sp³-hybridized carbons (Fsp3) is 0.385. The smallest absolute Gasteiger partial charge is 0.138 e. The number of fused-ring (bicyclic) bond motifs is 3. The lowest BCUT2D eigenvalue weighted by molar-refractivity contribution is 0.608. The molecule has 0 amide bonds. The van der Waals surface area contributed by atoms with Gasteiger partial charge in [0.2, 0.25) is 0 Å². The van der Waals surface area contributed by atoms with Gasteiger partial charge in [0, 0.05) is 17.6 Å². The number of nitrogens with one attached hydrogen (secondary N) is 1. The topological polar surface area (TPSA) is 68.5 Å². The lowest BCUT2D eigenvalue weighted by atomic mass is 10.2. The van der Waals surface area contributed by atoms with Crippen LogP contribution in [0.2, 0.25) is 0 Å². The number of hydrogen-bond donors (Lipinski definition) is 1. The molecule has 7 heteroatoms. The molecule has 1 aliphatic carbocycles. The van der Waals surface area contributed by atoms with Crippen LogP contribution in [-0.2, 0) is 19.4 Å². The maximum Gasteiger partial charge on any atom is 0.138 e. The molecule has 1 N–H and O–H groups in total. The molecular weight excluding hydrogens is 272 g/mol. The van der Waals surface area contributed by atoms with E-state index in [2.05, 4.69) is 25.6 Å². The summed E-state index contributed by atoms with van der Waals surface area (Å²) in [6.07, 6.45) is 8.79. The third-order valence-electron chi connectivity index (χ3n) is 3.61. The van der Waals surface area contributed by atoms with Crippen LogP contribution in [0.5, 0.6) is 0 Å². The minimum absolute atomic E-state index is 0.776. The monoisotopic (exact) mass is 286 g/mol. The highest BCUT2D eigenvalue weighted by Crippen LogP contribution is 2.38. The second kappa shape index (κ2) is 4.82. The number of rotatable bonds is 4. The van der Waals surface area contributed by atoms with Crippen molar-refractivity contribution in [1.82, 2.24) is 25.0 Å². The number of thiophene rings is 1. The number of anilines is 1. The Morgan fingerprint density at radius 1 is 1.30 bits per heavy atom. The molecule has 0 saturated carbocycles. The number of hydrogen-bond acceptors (Lipinski definition) is 6. The second-order valence-corrected chi connectivity index (χ2v) is 5.94. The Labute approximate surface area is 119 Å². The van der Waals surface area contributed by atoms with E-state index in [0.29, 0.717) is 0 Å². The lowest BCUT2D eigenvalue weighted by Crippen LogP contribution is -2.12. The summed E-state index contributed by atoms with van der Waals surface area (Å²) in [5.41, 5.74) is 1.45. The molecule has 3 aromatic heterocycles. The molecule has 6 nitrogen and oxygen atoms in total. The van der Waals surface area contributed by atoms with Gasteiger partial charge in [-0.15, -0.1) is 16.4 Å². The highest BCUT2D eigenvalue weighted by molar-refractivity contribution is 7.19. The largest absolute Gasteiger partial charge is 0.368 e. The molecule has 1 aliphatic rings. The first kappa shape index (κ1) is 11.8. The zero-order valence-electron chi connectivity index (χ0n) is 10.9. The van der Waals surface area contributed by atoms with E-state index in [0.717, 1.165) is 30.2 Å². The SMILES string of the molecule is c1cn(CCNc2ncnc3sc4c(c23)CCC4)nn1. The zero-order chi connectivity index (χ0) is 13.4.